The smallest absolute Gasteiger partial charge is 0.288 e. The highest BCUT2D eigenvalue weighted by Crippen LogP contribution is 2.34. The van der Waals surface area contributed by atoms with Gasteiger partial charge in [-0.1, -0.05) is 17.7 Å². The highest BCUT2D eigenvalue weighted by atomic mass is 79.9. The van der Waals surface area contributed by atoms with Gasteiger partial charge in [0.05, 0.1) is 9.40 Å². The molecule has 20 heavy (non-hydrogen) atoms. The van der Waals surface area contributed by atoms with Crippen LogP contribution in [0.1, 0.15) is 5.56 Å². The number of nitro benzene ring substituents is 1. The molecule has 2 aromatic carbocycles. The molecule has 0 spiro atoms. The van der Waals surface area contributed by atoms with Crippen LogP contribution in [0.3, 0.4) is 0 Å². The van der Waals surface area contributed by atoms with Gasteiger partial charge >= 0.3 is 0 Å². The topological polar surface area (TPSA) is 52.4 Å². The Morgan fingerprint density at radius 2 is 2.00 bits per heavy atom. The Kier molecular flexibility index (Phi) is 4.86. The van der Waals surface area contributed by atoms with Crippen LogP contribution in [-0.2, 0) is 5.88 Å². The molecule has 0 amide bonds. The predicted octanol–water partition coefficient (Wildman–Crippen LogP) is 5.54. The van der Waals surface area contributed by atoms with Gasteiger partial charge in [-0.3, -0.25) is 10.1 Å². The van der Waals surface area contributed by atoms with E-state index in [1.54, 1.807) is 6.07 Å². The maximum absolute atomic E-state index is 10.7. The minimum atomic E-state index is -0.544. The quantitative estimate of drug-likeness (QED) is 0.399. The number of halogens is 3. The molecule has 0 bridgehead atoms. The van der Waals surface area contributed by atoms with Crippen molar-refractivity contribution in [3.8, 4) is 11.5 Å². The lowest BCUT2D eigenvalue weighted by Crippen LogP contribution is -1.91. The standard InChI is InChI=1S/C13H8BrCl2NO3/c14-10-5-8(7-15)1-4-13(10)20-9-2-3-12(17(18)19)11(16)6-9/h1-6H,7H2. The molecule has 0 fully saturated rings. The Balaban J connectivity index is 2.26. The maximum Gasteiger partial charge on any atom is 0.288 e. The molecule has 0 unspecified atom stereocenters. The zero-order valence-electron chi connectivity index (χ0n) is 9.98. The summed E-state index contributed by atoms with van der Waals surface area (Å²) in [5, 5.41) is 10.7. The summed E-state index contributed by atoms with van der Waals surface area (Å²) in [5.41, 5.74) is 0.795. The van der Waals surface area contributed by atoms with E-state index >= 15 is 0 Å². The molecular weight excluding hydrogens is 369 g/mol. The second-order valence-corrected chi connectivity index (χ2v) is 5.40. The van der Waals surface area contributed by atoms with Crippen LogP contribution in [0.4, 0.5) is 5.69 Å². The summed E-state index contributed by atoms with van der Waals surface area (Å²) in [5.74, 6) is 1.39. The van der Waals surface area contributed by atoms with E-state index in [0.717, 1.165) is 10.0 Å². The van der Waals surface area contributed by atoms with Gasteiger partial charge in [0.2, 0.25) is 0 Å². The fraction of sp³-hybridized carbons (Fsp3) is 0.0769. The van der Waals surface area contributed by atoms with Gasteiger partial charge < -0.3 is 4.74 Å². The molecule has 0 aliphatic rings. The van der Waals surface area contributed by atoms with Crippen molar-refractivity contribution in [2.75, 3.05) is 0 Å². The normalized spacial score (nSPS) is 10.3. The van der Waals surface area contributed by atoms with E-state index in [1.165, 1.54) is 18.2 Å². The fourth-order valence-electron chi connectivity index (χ4n) is 1.54. The summed E-state index contributed by atoms with van der Waals surface area (Å²) >= 11 is 14.9. The van der Waals surface area contributed by atoms with Crippen molar-refractivity contribution in [3.05, 3.63) is 61.6 Å². The molecule has 4 nitrogen and oxygen atoms in total. The summed E-state index contributed by atoms with van der Waals surface area (Å²) < 4.78 is 6.37. The molecule has 0 heterocycles. The highest BCUT2D eigenvalue weighted by molar-refractivity contribution is 9.10. The van der Waals surface area contributed by atoms with Crippen LogP contribution in [-0.4, -0.2) is 4.92 Å². The van der Waals surface area contributed by atoms with Crippen LogP contribution in [0.25, 0.3) is 0 Å². The fourth-order valence-corrected chi connectivity index (χ4v) is 2.45. The number of rotatable bonds is 4. The van der Waals surface area contributed by atoms with E-state index in [2.05, 4.69) is 15.9 Å². The second-order valence-electron chi connectivity index (χ2n) is 3.87. The van der Waals surface area contributed by atoms with Crippen LogP contribution < -0.4 is 4.74 Å². The van der Waals surface area contributed by atoms with Crippen LogP contribution in [0.5, 0.6) is 11.5 Å². The molecular formula is C13H8BrCl2NO3. The third-order valence-corrected chi connectivity index (χ3v) is 3.73. The van der Waals surface area contributed by atoms with E-state index in [4.69, 9.17) is 27.9 Å². The molecule has 0 aromatic heterocycles. The molecule has 0 N–H and O–H groups in total. The molecule has 0 saturated heterocycles. The van der Waals surface area contributed by atoms with Crippen molar-refractivity contribution in [2.24, 2.45) is 0 Å². The third-order valence-electron chi connectivity index (χ3n) is 2.49. The summed E-state index contributed by atoms with van der Waals surface area (Å²) in [7, 11) is 0. The summed E-state index contributed by atoms with van der Waals surface area (Å²) in [6.45, 7) is 0. The lowest BCUT2D eigenvalue weighted by atomic mass is 10.2. The molecule has 2 aromatic rings. The van der Waals surface area contributed by atoms with Crippen molar-refractivity contribution in [1.29, 1.82) is 0 Å². The maximum atomic E-state index is 10.7. The Hall–Kier alpha value is -1.30. The van der Waals surface area contributed by atoms with E-state index in [1.807, 2.05) is 12.1 Å². The Morgan fingerprint density at radius 3 is 2.55 bits per heavy atom. The SMILES string of the molecule is O=[N+]([O-])c1ccc(Oc2ccc(CCl)cc2Br)cc1Cl. The molecule has 0 radical (unpaired) electrons. The zero-order chi connectivity index (χ0) is 14.7. The second kappa shape index (κ2) is 6.43. The number of nitrogens with zero attached hydrogens (tertiary/aromatic N) is 1. The molecule has 0 aliphatic carbocycles. The van der Waals surface area contributed by atoms with Crippen molar-refractivity contribution in [2.45, 2.75) is 5.88 Å². The predicted molar refractivity (Wildman–Crippen MR) is 81.9 cm³/mol. The van der Waals surface area contributed by atoms with E-state index < -0.39 is 4.92 Å². The lowest BCUT2D eigenvalue weighted by molar-refractivity contribution is -0.384. The molecule has 104 valence electrons. The van der Waals surface area contributed by atoms with Crippen molar-refractivity contribution in [1.82, 2.24) is 0 Å². The zero-order valence-corrected chi connectivity index (χ0v) is 13.1. The van der Waals surface area contributed by atoms with Crippen LogP contribution in [0, 0.1) is 10.1 Å². The summed E-state index contributed by atoms with van der Waals surface area (Å²) in [6, 6.07) is 9.64. The summed E-state index contributed by atoms with van der Waals surface area (Å²) in [6.07, 6.45) is 0. The van der Waals surface area contributed by atoms with E-state index in [0.29, 0.717) is 17.4 Å². The van der Waals surface area contributed by atoms with Gasteiger partial charge in [0.15, 0.2) is 0 Å². The largest absolute Gasteiger partial charge is 0.456 e. The first kappa shape index (κ1) is 15.1. The van der Waals surface area contributed by atoms with Gasteiger partial charge in [-0.2, -0.15) is 0 Å². The lowest BCUT2D eigenvalue weighted by Gasteiger charge is -2.09. The summed E-state index contributed by atoms with van der Waals surface area (Å²) in [4.78, 5) is 10.1. The molecule has 2 rings (SSSR count). The third kappa shape index (κ3) is 3.42. The van der Waals surface area contributed by atoms with Gasteiger partial charge in [0, 0.05) is 18.0 Å². The van der Waals surface area contributed by atoms with Gasteiger partial charge in [-0.25, -0.2) is 0 Å². The van der Waals surface area contributed by atoms with Crippen LogP contribution >= 0.6 is 39.1 Å². The molecule has 0 aliphatic heterocycles. The van der Waals surface area contributed by atoms with Crippen molar-refractivity contribution in [3.63, 3.8) is 0 Å². The first-order valence-electron chi connectivity index (χ1n) is 5.47. The molecule has 7 heteroatoms. The Bertz CT molecular complexity index is 664. The van der Waals surface area contributed by atoms with Gasteiger partial charge in [-0.05, 0) is 39.7 Å². The van der Waals surface area contributed by atoms with Crippen molar-refractivity contribution >= 4 is 44.8 Å². The molecule has 0 saturated carbocycles. The van der Waals surface area contributed by atoms with Crippen molar-refractivity contribution < 1.29 is 9.66 Å². The van der Waals surface area contributed by atoms with Gasteiger partial charge in [0.1, 0.15) is 16.5 Å². The first-order valence-corrected chi connectivity index (χ1v) is 7.18. The number of benzene rings is 2. The van der Waals surface area contributed by atoms with Crippen LogP contribution in [0.15, 0.2) is 40.9 Å². The van der Waals surface area contributed by atoms with Gasteiger partial charge in [0.25, 0.3) is 5.69 Å². The number of ether oxygens (including phenoxy) is 1. The Morgan fingerprint density at radius 1 is 1.25 bits per heavy atom. The average molecular weight is 377 g/mol. The first-order chi connectivity index (χ1) is 9.51. The monoisotopic (exact) mass is 375 g/mol. The number of hydrogen-bond acceptors (Lipinski definition) is 3. The highest BCUT2D eigenvalue weighted by Gasteiger charge is 2.13. The Labute approximate surface area is 133 Å². The minimum absolute atomic E-state index is 0.0287. The van der Waals surface area contributed by atoms with E-state index in [9.17, 15) is 10.1 Å². The average Bonchev–Trinajstić information content (AvgIpc) is 2.40. The minimum Gasteiger partial charge on any atom is -0.456 e. The molecule has 0 atom stereocenters. The van der Waals surface area contributed by atoms with Gasteiger partial charge in [-0.15, -0.1) is 11.6 Å². The van der Waals surface area contributed by atoms with Crippen LogP contribution in [0.2, 0.25) is 5.02 Å². The number of alkyl halides is 1. The van der Waals surface area contributed by atoms with E-state index in [-0.39, 0.29) is 10.7 Å². The number of hydrogen-bond donors (Lipinski definition) is 0. The number of nitro groups is 1.